The van der Waals surface area contributed by atoms with E-state index < -0.39 is 11.9 Å². The molecular weight excluding hydrogens is 206 g/mol. The predicted molar refractivity (Wildman–Crippen MR) is 61.0 cm³/mol. The molecule has 0 saturated heterocycles. The van der Waals surface area contributed by atoms with Gasteiger partial charge in [0, 0.05) is 12.5 Å². The van der Waals surface area contributed by atoms with Gasteiger partial charge in [0.15, 0.2) is 0 Å². The van der Waals surface area contributed by atoms with Crippen LogP contribution >= 0.6 is 0 Å². The first-order valence-electron chi connectivity index (χ1n) is 6.03. The fraction of sp³-hybridized carbons (Fsp3) is 0.833. The van der Waals surface area contributed by atoms with E-state index in [0.29, 0.717) is 18.8 Å². The lowest BCUT2D eigenvalue weighted by atomic mass is 9.84. The first-order valence-corrected chi connectivity index (χ1v) is 6.03. The first-order chi connectivity index (χ1) is 7.50. The van der Waals surface area contributed by atoms with E-state index in [1.165, 1.54) is 0 Å². The van der Waals surface area contributed by atoms with Crippen molar-refractivity contribution in [2.24, 2.45) is 11.8 Å². The minimum absolute atomic E-state index is 0.0202. The molecule has 16 heavy (non-hydrogen) atoms. The molecule has 1 rings (SSSR count). The lowest BCUT2D eigenvalue weighted by molar-refractivity contribution is -0.144. The Bertz CT molecular complexity index is 263. The molecule has 1 amide bonds. The van der Waals surface area contributed by atoms with Gasteiger partial charge in [-0.3, -0.25) is 9.59 Å². The maximum absolute atomic E-state index is 11.6. The standard InChI is InChI=1S/C12H21NO3/c1-8(2)7-11(14)13-10-6-4-3-5-9(10)12(15)16/h8-10H,3-7H2,1-2H3,(H,13,14)(H,15,16). The summed E-state index contributed by atoms with van der Waals surface area (Å²) in [6.07, 6.45) is 3.91. The van der Waals surface area contributed by atoms with Gasteiger partial charge in [-0.2, -0.15) is 0 Å². The van der Waals surface area contributed by atoms with Crippen LogP contribution < -0.4 is 5.32 Å². The zero-order valence-electron chi connectivity index (χ0n) is 10.0. The lowest BCUT2D eigenvalue weighted by Gasteiger charge is -2.29. The van der Waals surface area contributed by atoms with Crippen molar-refractivity contribution in [2.75, 3.05) is 0 Å². The minimum atomic E-state index is -0.783. The summed E-state index contributed by atoms with van der Waals surface area (Å²) in [6.45, 7) is 3.96. The van der Waals surface area contributed by atoms with Gasteiger partial charge < -0.3 is 10.4 Å². The van der Waals surface area contributed by atoms with Crippen molar-refractivity contribution >= 4 is 11.9 Å². The molecule has 0 aromatic heterocycles. The molecule has 4 nitrogen and oxygen atoms in total. The van der Waals surface area contributed by atoms with Gasteiger partial charge in [-0.15, -0.1) is 0 Å². The molecule has 92 valence electrons. The fourth-order valence-electron chi connectivity index (χ4n) is 2.24. The summed E-state index contributed by atoms with van der Waals surface area (Å²) in [6, 6.07) is -0.169. The van der Waals surface area contributed by atoms with E-state index in [4.69, 9.17) is 5.11 Å². The molecular formula is C12H21NO3. The number of carbonyl (C=O) groups excluding carboxylic acids is 1. The van der Waals surface area contributed by atoms with E-state index in [9.17, 15) is 9.59 Å². The van der Waals surface area contributed by atoms with Gasteiger partial charge in [-0.1, -0.05) is 26.7 Å². The maximum atomic E-state index is 11.6. The van der Waals surface area contributed by atoms with Crippen molar-refractivity contribution in [1.82, 2.24) is 5.32 Å². The number of amides is 1. The minimum Gasteiger partial charge on any atom is -0.481 e. The van der Waals surface area contributed by atoms with Crippen LogP contribution in [0.3, 0.4) is 0 Å². The molecule has 0 heterocycles. The Morgan fingerprint density at radius 3 is 2.50 bits per heavy atom. The average molecular weight is 227 g/mol. The zero-order valence-corrected chi connectivity index (χ0v) is 10.0. The highest BCUT2D eigenvalue weighted by molar-refractivity contribution is 5.78. The van der Waals surface area contributed by atoms with Gasteiger partial charge in [0.05, 0.1) is 5.92 Å². The van der Waals surface area contributed by atoms with E-state index in [1.54, 1.807) is 0 Å². The predicted octanol–water partition coefficient (Wildman–Crippen LogP) is 1.79. The molecule has 0 aromatic rings. The van der Waals surface area contributed by atoms with Crippen LogP contribution in [0.5, 0.6) is 0 Å². The summed E-state index contributed by atoms with van der Waals surface area (Å²) < 4.78 is 0. The summed E-state index contributed by atoms with van der Waals surface area (Å²) in [5.74, 6) is -0.889. The quantitative estimate of drug-likeness (QED) is 0.769. The number of nitrogens with one attached hydrogen (secondary N) is 1. The number of carbonyl (C=O) groups is 2. The smallest absolute Gasteiger partial charge is 0.308 e. The largest absolute Gasteiger partial charge is 0.481 e. The molecule has 0 aromatic carbocycles. The van der Waals surface area contributed by atoms with Crippen molar-refractivity contribution in [2.45, 2.75) is 52.0 Å². The Morgan fingerprint density at radius 2 is 1.94 bits per heavy atom. The van der Waals surface area contributed by atoms with Crippen LogP contribution in [0, 0.1) is 11.8 Å². The molecule has 1 aliphatic carbocycles. The lowest BCUT2D eigenvalue weighted by Crippen LogP contribution is -2.45. The third-order valence-corrected chi connectivity index (χ3v) is 3.02. The second kappa shape index (κ2) is 5.87. The van der Waals surface area contributed by atoms with Gasteiger partial charge in [0.1, 0.15) is 0 Å². The Hall–Kier alpha value is -1.06. The summed E-state index contributed by atoms with van der Waals surface area (Å²) in [7, 11) is 0. The van der Waals surface area contributed by atoms with Gasteiger partial charge in [0.25, 0.3) is 0 Å². The SMILES string of the molecule is CC(C)CC(=O)NC1CCCCC1C(=O)O. The van der Waals surface area contributed by atoms with Crippen LogP contribution in [-0.4, -0.2) is 23.0 Å². The normalized spacial score (nSPS) is 25.4. The summed E-state index contributed by atoms with van der Waals surface area (Å²) in [5, 5.41) is 11.9. The Kier molecular flexibility index (Phi) is 4.77. The number of rotatable bonds is 4. The zero-order chi connectivity index (χ0) is 12.1. The second-order valence-electron chi connectivity index (χ2n) is 5.00. The molecule has 0 bridgehead atoms. The molecule has 4 heteroatoms. The number of carboxylic acid groups (broad SMARTS) is 1. The Balaban J connectivity index is 2.49. The van der Waals surface area contributed by atoms with E-state index in [2.05, 4.69) is 5.32 Å². The van der Waals surface area contributed by atoms with Crippen molar-refractivity contribution < 1.29 is 14.7 Å². The Morgan fingerprint density at radius 1 is 1.31 bits per heavy atom. The number of hydrogen-bond acceptors (Lipinski definition) is 2. The van der Waals surface area contributed by atoms with Crippen molar-refractivity contribution in [3.63, 3.8) is 0 Å². The molecule has 0 aliphatic heterocycles. The highest BCUT2D eigenvalue weighted by Crippen LogP contribution is 2.24. The topological polar surface area (TPSA) is 66.4 Å². The molecule has 1 saturated carbocycles. The van der Waals surface area contributed by atoms with E-state index >= 15 is 0 Å². The summed E-state index contributed by atoms with van der Waals surface area (Å²) >= 11 is 0. The fourth-order valence-corrected chi connectivity index (χ4v) is 2.24. The van der Waals surface area contributed by atoms with Gasteiger partial charge in [-0.25, -0.2) is 0 Å². The maximum Gasteiger partial charge on any atom is 0.308 e. The second-order valence-corrected chi connectivity index (χ2v) is 5.00. The van der Waals surface area contributed by atoms with Crippen LogP contribution in [0.1, 0.15) is 46.0 Å². The molecule has 2 atom stereocenters. The highest BCUT2D eigenvalue weighted by Gasteiger charge is 2.31. The van der Waals surface area contributed by atoms with E-state index in [0.717, 1.165) is 19.3 Å². The van der Waals surface area contributed by atoms with Crippen LogP contribution in [0.15, 0.2) is 0 Å². The third-order valence-electron chi connectivity index (χ3n) is 3.02. The van der Waals surface area contributed by atoms with Crippen LogP contribution in [0.4, 0.5) is 0 Å². The van der Waals surface area contributed by atoms with Gasteiger partial charge >= 0.3 is 5.97 Å². The Labute approximate surface area is 96.4 Å². The first kappa shape index (κ1) is 13.0. The van der Waals surface area contributed by atoms with Crippen LogP contribution in [-0.2, 0) is 9.59 Å². The number of aliphatic carboxylic acids is 1. The van der Waals surface area contributed by atoms with Crippen LogP contribution in [0.2, 0.25) is 0 Å². The monoisotopic (exact) mass is 227 g/mol. The van der Waals surface area contributed by atoms with Gasteiger partial charge in [-0.05, 0) is 18.8 Å². The molecule has 0 radical (unpaired) electrons. The molecule has 0 spiro atoms. The molecule has 1 aliphatic rings. The average Bonchev–Trinajstić information content (AvgIpc) is 2.16. The van der Waals surface area contributed by atoms with Crippen LogP contribution in [0.25, 0.3) is 0 Å². The molecule has 1 fully saturated rings. The van der Waals surface area contributed by atoms with Crippen molar-refractivity contribution in [3.8, 4) is 0 Å². The summed E-state index contributed by atoms with van der Waals surface area (Å²) in [4.78, 5) is 22.6. The van der Waals surface area contributed by atoms with E-state index in [1.807, 2.05) is 13.8 Å². The number of carboxylic acids is 1. The number of hydrogen-bond donors (Lipinski definition) is 2. The molecule has 2 unspecified atom stereocenters. The van der Waals surface area contributed by atoms with Crippen molar-refractivity contribution in [3.05, 3.63) is 0 Å². The van der Waals surface area contributed by atoms with E-state index in [-0.39, 0.29) is 11.9 Å². The van der Waals surface area contributed by atoms with Gasteiger partial charge in [0.2, 0.25) is 5.91 Å². The van der Waals surface area contributed by atoms with Crippen molar-refractivity contribution in [1.29, 1.82) is 0 Å². The third kappa shape index (κ3) is 3.83. The molecule has 2 N–H and O–H groups in total. The highest BCUT2D eigenvalue weighted by atomic mass is 16.4. The summed E-state index contributed by atoms with van der Waals surface area (Å²) in [5.41, 5.74) is 0.